The van der Waals surface area contributed by atoms with E-state index in [-0.39, 0.29) is 5.91 Å². The Morgan fingerprint density at radius 1 is 1.75 bits per heavy atom. The van der Waals surface area contributed by atoms with E-state index in [9.17, 15) is 4.79 Å². The fourth-order valence-corrected chi connectivity index (χ4v) is 1.42. The first-order valence-corrected chi connectivity index (χ1v) is 4.35. The molecule has 12 heavy (non-hydrogen) atoms. The topological polar surface area (TPSA) is 32.3 Å². The Morgan fingerprint density at radius 3 is 3.00 bits per heavy atom. The second-order valence-corrected chi connectivity index (χ2v) is 3.14. The number of amides is 1. The quantitative estimate of drug-likeness (QED) is 0.630. The number of nitrogens with zero attached hydrogens (tertiary/aromatic N) is 1. The molecule has 1 aliphatic carbocycles. The minimum atomic E-state index is 0.168. The predicted octanol–water partition coefficient (Wildman–Crippen LogP) is 0.732. The van der Waals surface area contributed by atoms with E-state index in [4.69, 9.17) is 0 Å². The van der Waals surface area contributed by atoms with Gasteiger partial charge in [-0.15, -0.1) is 0 Å². The summed E-state index contributed by atoms with van der Waals surface area (Å²) < 4.78 is 0. The molecule has 0 atom stereocenters. The Balaban J connectivity index is 2.45. The number of nitrogens with one attached hydrogen (secondary N) is 1. The van der Waals surface area contributed by atoms with Gasteiger partial charge in [-0.25, -0.2) is 0 Å². The van der Waals surface area contributed by atoms with Crippen molar-refractivity contribution < 1.29 is 4.79 Å². The largest absolute Gasteiger partial charge is 0.329 e. The third-order valence-electron chi connectivity index (χ3n) is 2.06. The van der Waals surface area contributed by atoms with Crippen molar-refractivity contribution in [3.8, 4) is 0 Å². The molecule has 0 fully saturated rings. The number of rotatable bonds is 3. The summed E-state index contributed by atoms with van der Waals surface area (Å²) in [4.78, 5) is 13.3. The van der Waals surface area contributed by atoms with Crippen LogP contribution < -0.4 is 5.32 Å². The molecule has 0 aliphatic heterocycles. The van der Waals surface area contributed by atoms with Crippen LogP contribution in [0.3, 0.4) is 0 Å². The molecule has 0 saturated heterocycles. The minimum Gasteiger partial charge on any atom is -0.329 e. The van der Waals surface area contributed by atoms with Crippen molar-refractivity contribution in [2.75, 3.05) is 20.8 Å². The van der Waals surface area contributed by atoms with Crippen molar-refractivity contribution in [1.29, 1.82) is 0 Å². The van der Waals surface area contributed by atoms with Crippen LogP contribution in [0.15, 0.2) is 11.6 Å². The van der Waals surface area contributed by atoms with Crippen molar-refractivity contribution in [3.63, 3.8) is 0 Å². The Labute approximate surface area is 73.4 Å². The number of hydrogen-bond donors (Lipinski definition) is 1. The molecule has 3 nitrogen and oxygen atoms in total. The van der Waals surface area contributed by atoms with Crippen LogP contribution in [-0.4, -0.2) is 31.6 Å². The molecule has 0 unspecified atom stereocenters. The number of carbonyl (C=O) groups excluding carboxylic acids is 1. The number of carbonyl (C=O) groups is 1. The molecular formula is C9H16N2O. The summed E-state index contributed by atoms with van der Waals surface area (Å²) in [5.41, 5.74) is 0.979. The molecule has 0 saturated carbocycles. The van der Waals surface area contributed by atoms with Crippen molar-refractivity contribution in [2.24, 2.45) is 0 Å². The van der Waals surface area contributed by atoms with Gasteiger partial charge in [-0.2, -0.15) is 0 Å². The molecule has 0 aromatic carbocycles. The van der Waals surface area contributed by atoms with Gasteiger partial charge in [-0.05, 0) is 26.3 Å². The lowest BCUT2D eigenvalue weighted by Crippen LogP contribution is -2.34. The first-order valence-electron chi connectivity index (χ1n) is 4.35. The molecular weight excluding hydrogens is 152 g/mol. The average molecular weight is 168 g/mol. The van der Waals surface area contributed by atoms with E-state index in [0.29, 0.717) is 6.67 Å². The lowest BCUT2D eigenvalue weighted by molar-refractivity contribution is -0.126. The van der Waals surface area contributed by atoms with E-state index in [1.54, 1.807) is 4.90 Å². The number of likely N-dealkylation sites (N-methyl/N-ethyl adjacent to an activating group) is 1. The Bertz CT molecular complexity index is 199. The lowest BCUT2D eigenvalue weighted by atomic mass is 10.2. The maximum absolute atomic E-state index is 11.6. The SMILES string of the molecule is CNCN(C)C(=O)C1=CCCC1. The van der Waals surface area contributed by atoms with E-state index < -0.39 is 0 Å². The van der Waals surface area contributed by atoms with E-state index in [1.807, 2.05) is 14.1 Å². The third-order valence-corrected chi connectivity index (χ3v) is 2.06. The maximum atomic E-state index is 11.6. The van der Waals surface area contributed by atoms with Crippen molar-refractivity contribution in [3.05, 3.63) is 11.6 Å². The number of allylic oxidation sites excluding steroid dienone is 1. The van der Waals surface area contributed by atoms with Gasteiger partial charge in [-0.1, -0.05) is 6.08 Å². The van der Waals surface area contributed by atoms with E-state index >= 15 is 0 Å². The minimum absolute atomic E-state index is 0.168. The van der Waals surface area contributed by atoms with Crippen LogP contribution in [0, 0.1) is 0 Å². The van der Waals surface area contributed by atoms with Gasteiger partial charge in [0, 0.05) is 12.6 Å². The summed E-state index contributed by atoms with van der Waals surface area (Å²) in [5.74, 6) is 0.168. The normalized spacial score (nSPS) is 16.0. The molecule has 68 valence electrons. The van der Waals surface area contributed by atoms with E-state index in [1.165, 1.54) is 0 Å². The molecule has 0 aromatic heterocycles. The van der Waals surface area contributed by atoms with Gasteiger partial charge in [0.15, 0.2) is 0 Å². The van der Waals surface area contributed by atoms with E-state index in [0.717, 1.165) is 24.8 Å². The highest BCUT2D eigenvalue weighted by atomic mass is 16.2. The molecule has 0 heterocycles. The van der Waals surface area contributed by atoms with Crippen LogP contribution in [0.25, 0.3) is 0 Å². The molecule has 3 heteroatoms. The maximum Gasteiger partial charge on any atom is 0.250 e. The lowest BCUT2D eigenvalue weighted by Gasteiger charge is -2.16. The zero-order valence-corrected chi connectivity index (χ0v) is 7.76. The Kier molecular flexibility index (Phi) is 3.29. The van der Waals surface area contributed by atoms with Crippen LogP contribution in [0.2, 0.25) is 0 Å². The Hall–Kier alpha value is -0.830. The molecule has 1 rings (SSSR count). The molecule has 1 amide bonds. The van der Waals surface area contributed by atoms with Crippen LogP contribution in [0.1, 0.15) is 19.3 Å². The van der Waals surface area contributed by atoms with Crippen LogP contribution in [0.4, 0.5) is 0 Å². The first-order chi connectivity index (χ1) is 5.75. The van der Waals surface area contributed by atoms with Crippen molar-refractivity contribution >= 4 is 5.91 Å². The zero-order chi connectivity index (χ0) is 8.97. The molecule has 0 bridgehead atoms. The van der Waals surface area contributed by atoms with Gasteiger partial charge in [0.2, 0.25) is 5.91 Å². The summed E-state index contributed by atoms with van der Waals surface area (Å²) in [6.45, 7) is 0.621. The average Bonchev–Trinajstić information content (AvgIpc) is 2.55. The summed E-state index contributed by atoms with van der Waals surface area (Å²) in [6.07, 6.45) is 5.20. The zero-order valence-electron chi connectivity index (χ0n) is 7.76. The van der Waals surface area contributed by atoms with Gasteiger partial charge in [0.1, 0.15) is 0 Å². The monoisotopic (exact) mass is 168 g/mol. The fraction of sp³-hybridized carbons (Fsp3) is 0.667. The smallest absolute Gasteiger partial charge is 0.250 e. The van der Waals surface area contributed by atoms with Gasteiger partial charge >= 0.3 is 0 Å². The highest BCUT2D eigenvalue weighted by Gasteiger charge is 2.16. The van der Waals surface area contributed by atoms with Gasteiger partial charge < -0.3 is 10.2 Å². The molecule has 0 radical (unpaired) electrons. The molecule has 0 aromatic rings. The predicted molar refractivity (Wildman–Crippen MR) is 48.6 cm³/mol. The standard InChI is InChI=1S/C9H16N2O/c1-10-7-11(2)9(12)8-5-3-4-6-8/h5,10H,3-4,6-7H2,1-2H3. The Morgan fingerprint density at radius 2 is 2.50 bits per heavy atom. The third kappa shape index (κ3) is 2.08. The van der Waals surface area contributed by atoms with Crippen LogP contribution >= 0.6 is 0 Å². The van der Waals surface area contributed by atoms with Gasteiger partial charge in [-0.3, -0.25) is 4.79 Å². The highest BCUT2D eigenvalue weighted by molar-refractivity contribution is 5.93. The highest BCUT2D eigenvalue weighted by Crippen LogP contribution is 2.18. The van der Waals surface area contributed by atoms with Crippen molar-refractivity contribution in [2.45, 2.75) is 19.3 Å². The molecule has 1 N–H and O–H groups in total. The van der Waals surface area contributed by atoms with E-state index in [2.05, 4.69) is 11.4 Å². The summed E-state index contributed by atoms with van der Waals surface area (Å²) in [7, 11) is 3.66. The summed E-state index contributed by atoms with van der Waals surface area (Å²) >= 11 is 0. The van der Waals surface area contributed by atoms with Crippen molar-refractivity contribution in [1.82, 2.24) is 10.2 Å². The molecule has 1 aliphatic rings. The summed E-state index contributed by atoms with van der Waals surface area (Å²) in [5, 5.41) is 2.95. The number of hydrogen-bond acceptors (Lipinski definition) is 2. The summed E-state index contributed by atoms with van der Waals surface area (Å²) in [6, 6.07) is 0. The van der Waals surface area contributed by atoms with Gasteiger partial charge in [0.05, 0.1) is 6.67 Å². The van der Waals surface area contributed by atoms with Crippen LogP contribution in [0.5, 0.6) is 0 Å². The second-order valence-electron chi connectivity index (χ2n) is 3.14. The first kappa shape index (κ1) is 9.26. The van der Waals surface area contributed by atoms with Gasteiger partial charge in [0.25, 0.3) is 0 Å². The molecule has 0 spiro atoms. The second kappa shape index (κ2) is 4.26. The fourth-order valence-electron chi connectivity index (χ4n) is 1.42. The van der Waals surface area contributed by atoms with Crippen LogP contribution in [-0.2, 0) is 4.79 Å².